The zero-order valence-corrected chi connectivity index (χ0v) is 14.4. The Balaban J connectivity index is 1.46. The lowest BCUT2D eigenvalue weighted by Crippen LogP contribution is -2.26. The van der Waals surface area contributed by atoms with E-state index in [0.29, 0.717) is 5.75 Å². The number of allylic oxidation sites excluding steroid dienone is 1. The first kappa shape index (κ1) is 16.1. The highest BCUT2D eigenvalue weighted by molar-refractivity contribution is 7.99. The van der Waals surface area contributed by atoms with Gasteiger partial charge in [-0.1, -0.05) is 35.5 Å². The number of amides is 1. The summed E-state index contributed by atoms with van der Waals surface area (Å²) in [7, 11) is 1.99. The van der Waals surface area contributed by atoms with Crippen molar-refractivity contribution in [1.29, 1.82) is 0 Å². The molecule has 0 bridgehead atoms. The molecule has 4 nitrogen and oxygen atoms in total. The van der Waals surface area contributed by atoms with Crippen molar-refractivity contribution in [2.45, 2.75) is 37.3 Å². The van der Waals surface area contributed by atoms with Crippen molar-refractivity contribution in [3.8, 4) is 0 Å². The lowest BCUT2D eigenvalue weighted by Gasteiger charge is -2.12. The van der Waals surface area contributed by atoms with E-state index in [4.69, 9.17) is 0 Å². The normalized spacial score (nSPS) is 14.7. The van der Waals surface area contributed by atoms with Crippen LogP contribution >= 0.6 is 11.8 Å². The molecule has 0 unspecified atom stereocenters. The topological polar surface area (TPSA) is 46.9 Å². The quantitative estimate of drug-likeness (QED) is 0.650. The van der Waals surface area contributed by atoms with Crippen LogP contribution in [0.5, 0.6) is 0 Å². The van der Waals surface area contributed by atoms with Gasteiger partial charge in [0.1, 0.15) is 0 Å². The number of benzene rings is 1. The molecule has 0 radical (unpaired) electrons. The molecule has 1 aromatic carbocycles. The number of para-hydroxylation sites is 2. The highest BCUT2D eigenvalue weighted by Crippen LogP contribution is 2.22. The largest absolute Gasteiger partial charge is 0.355 e. The molecule has 0 saturated carbocycles. The van der Waals surface area contributed by atoms with Gasteiger partial charge in [0, 0.05) is 13.6 Å². The number of thioether (sulfide) groups is 1. The van der Waals surface area contributed by atoms with Crippen LogP contribution in [-0.4, -0.2) is 27.8 Å². The molecular formula is C18H23N3OS. The van der Waals surface area contributed by atoms with Gasteiger partial charge in [0.05, 0.1) is 16.8 Å². The fourth-order valence-corrected chi connectivity index (χ4v) is 3.74. The molecule has 1 aromatic heterocycles. The first-order valence-electron chi connectivity index (χ1n) is 8.23. The van der Waals surface area contributed by atoms with Crippen molar-refractivity contribution in [2.24, 2.45) is 7.05 Å². The van der Waals surface area contributed by atoms with Crippen LogP contribution in [0.2, 0.25) is 0 Å². The van der Waals surface area contributed by atoms with Crippen LogP contribution in [0.1, 0.15) is 32.1 Å². The Bertz CT molecular complexity index is 720. The molecule has 0 fully saturated rings. The zero-order valence-electron chi connectivity index (χ0n) is 13.5. The second-order valence-electron chi connectivity index (χ2n) is 5.94. The number of hydrogen-bond donors (Lipinski definition) is 1. The van der Waals surface area contributed by atoms with E-state index < -0.39 is 0 Å². The standard InChI is InChI=1S/C18H23N3OS/c1-21-16-10-6-5-9-15(16)20-18(21)23-13-17(22)19-12-11-14-7-3-2-4-8-14/h5-7,9-10H,2-4,8,11-13H2,1H3,(H,19,22). The van der Waals surface area contributed by atoms with Gasteiger partial charge < -0.3 is 9.88 Å². The average Bonchev–Trinajstić information content (AvgIpc) is 2.90. The van der Waals surface area contributed by atoms with E-state index in [9.17, 15) is 4.79 Å². The summed E-state index contributed by atoms with van der Waals surface area (Å²) >= 11 is 1.49. The van der Waals surface area contributed by atoms with Crippen LogP contribution in [0.3, 0.4) is 0 Å². The predicted molar refractivity (Wildman–Crippen MR) is 95.6 cm³/mol. The number of imidazole rings is 1. The van der Waals surface area contributed by atoms with E-state index in [1.807, 2.05) is 35.9 Å². The Morgan fingerprint density at radius 1 is 1.35 bits per heavy atom. The van der Waals surface area contributed by atoms with Crippen molar-refractivity contribution < 1.29 is 4.79 Å². The van der Waals surface area contributed by atoms with E-state index in [-0.39, 0.29) is 5.91 Å². The number of aryl methyl sites for hydroxylation is 1. The molecule has 3 rings (SSSR count). The molecule has 23 heavy (non-hydrogen) atoms. The fourth-order valence-electron chi connectivity index (χ4n) is 2.93. The number of nitrogens with zero attached hydrogens (tertiary/aromatic N) is 2. The van der Waals surface area contributed by atoms with Gasteiger partial charge in [-0.25, -0.2) is 4.98 Å². The summed E-state index contributed by atoms with van der Waals surface area (Å²) in [5.41, 5.74) is 3.57. The smallest absolute Gasteiger partial charge is 0.230 e. The van der Waals surface area contributed by atoms with Crippen molar-refractivity contribution in [1.82, 2.24) is 14.9 Å². The Morgan fingerprint density at radius 3 is 3.00 bits per heavy atom. The molecule has 5 heteroatoms. The third kappa shape index (κ3) is 4.16. The SMILES string of the molecule is Cn1c(SCC(=O)NCCC2=CCCCC2)nc2ccccc21. The molecule has 0 aliphatic heterocycles. The van der Waals surface area contributed by atoms with Crippen molar-refractivity contribution in [2.75, 3.05) is 12.3 Å². The second-order valence-corrected chi connectivity index (χ2v) is 6.88. The zero-order chi connectivity index (χ0) is 16.1. The van der Waals surface area contributed by atoms with Gasteiger partial charge in [-0.15, -0.1) is 0 Å². The molecule has 0 spiro atoms. The van der Waals surface area contributed by atoms with E-state index in [1.54, 1.807) is 0 Å². The van der Waals surface area contributed by atoms with E-state index >= 15 is 0 Å². The highest BCUT2D eigenvalue weighted by atomic mass is 32.2. The number of rotatable bonds is 6. The first-order valence-corrected chi connectivity index (χ1v) is 9.21. The number of carbonyl (C=O) groups excluding carboxylic acids is 1. The molecule has 1 aliphatic carbocycles. The van der Waals surface area contributed by atoms with Gasteiger partial charge in [-0.05, 0) is 44.2 Å². The number of aromatic nitrogens is 2. The van der Waals surface area contributed by atoms with Crippen LogP contribution in [0.25, 0.3) is 11.0 Å². The minimum Gasteiger partial charge on any atom is -0.355 e. The van der Waals surface area contributed by atoms with Gasteiger partial charge in [0.2, 0.25) is 5.91 Å². The third-order valence-electron chi connectivity index (χ3n) is 4.23. The Hall–Kier alpha value is -1.75. The van der Waals surface area contributed by atoms with E-state index in [0.717, 1.165) is 29.2 Å². The Morgan fingerprint density at radius 2 is 2.22 bits per heavy atom. The predicted octanol–water partition coefficient (Wildman–Crippen LogP) is 3.67. The van der Waals surface area contributed by atoms with Crippen LogP contribution in [0.4, 0.5) is 0 Å². The highest BCUT2D eigenvalue weighted by Gasteiger charge is 2.10. The maximum absolute atomic E-state index is 12.0. The Labute approximate surface area is 141 Å². The minimum absolute atomic E-state index is 0.0819. The number of fused-ring (bicyclic) bond motifs is 1. The van der Waals surface area contributed by atoms with Gasteiger partial charge in [-0.2, -0.15) is 0 Å². The average molecular weight is 329 g/mol. The molecular weight excluding hydrogens is 306 g/mol. The lowest BCUT2D eigenvalue weighted by atomic mass is 9.97. The van der Waals surface area contributed by atoms with Crippen LogP contribution in [0.15, 0.2) is 41.1 Å². The fraction of sp³-hybridized carbons (Fsp3) is 0.444. The lowest BCUT2D eigenvalue weighted by molar-refractivity contribution is -0.118. The maximum atomic E-state index is 12.0. The molecule has 1 amide bonds. The number of carbonyl (C=O) groups is 1. The maximum Gasteiger partial charge on any atom is 0.230 e. The molecule has 0 atom stereocenters. The monoisotopic (exact) mass is 329 g/mol. The van der Waals surface area contributed by atoms with Crippen LogP contribution in [0, 0.1) is 0 Å². The summed E-state index contributed by atoms with van der Waals surface area (Å²) in [4.78, 5) is 16.6. The summed E-state index contributed by atoms with van der Waals surface area (Å²) in [5.74, 6) is 0.495. The number of nitrogens with one attached hydrogen (secondary N) is 1. The summed E-state index contributed by atoms with van der Waals surface area (Å²) in [6.45, 7) is 0.744. The summed E-state index contributed by atoms with van der Waals surface area (Å²) in [5, 5.41) is 3.90. The van der Waals surface area contributed by atoms with Crippen LogP contribution in [-0.2, 0) is 11.8 Å². The summed E-state index contributed by atoms with van der Waals surface area (Å²) in [6, 6.07) is 8.03. The van der Waals surface area contributed by atoms with E-state index in [2.05, 4.69) is 16.4 Å². The molecule has 122 valence electrons. The minimum atomic E-state index is 0.0819. The van der Waals surface area contributed by atoms with Gasteiger partial charge in [0.25, 0.3) is 0 Å². The number of hydrogen-bond acceptors (Lipinski definition) is 3. The summed E-state index contributed by atoms with van der Waals surface area (Å²) in [6.07, 6.45) is 8.33. The first-order chi connectivity index (χ1) is 11.2. The molecule has 1 aliphatic rings. The molecule has 0 saturated heterocycles. The summed E-state index contributed by atoms with van der Waals surface area (Å²) < 4.78 is 2.04. The Kier molecular flexibility index (Phi) is 5.39. The van der Waals surface area contributed by atoms with Crippen LogP contribution < -0.4 is 5.32 Å². The van der Waals surface area contributed by atoms with Gasteiger partial charge in [-0.3, -0.25) is 4.79 Å². The third-order valence-corrected chi connectivity index (χ3v) is 5.26. The van der Waals surface area contributed by atoms with Crippen molar-refractivity contribution >= 4 is 28.7 Å². The molecule has 2 aromatic rings. The second kappa shape index (κ2) is 7.68. The molecule has 1 N–H and O–H groups in total. The van der Waals surface area contributed by atoms with E-state index in [1.165, 1.54) is 43.0 Å². The van der Waals surface area contributed by atoms with Gasteiger partial charge in [0.15, 0.2) is 5.16 Å². The van der Waals surface area contributed by atoms with Crippen molar-refractivity contribution in [3.63, 3.8) is 0 Å². The van der Waals surface area contributed by atoms with Crippen molar-refractivity contribution in [3.05, 3.63) is 35.9 Å². The molecule has 1 heterocycles. The van der Waals surface area contributed by atoms with Gasteiger partial charge >= 0.3 is 0 Å².